The van der Waals surface area contributed by atoms with E-state index in [0.717, 1.165) is 7.11 Å². The molecule has 0 radical (unpaired) electrons. The van der Waals surface area contributed by atoms with E-state index in [1.54, 1.807) is 0 Å². The predicted molar refractivity (Wildman–Crippen MR) is 18.6 cm³/mol. The summed E-state index contributed by atoms with van der Waals surface area (Å²) < 4.78 is 34.1. The van der Waals surface area contributed by atoms with Crippen LogP contribution in [-0.2, 0) is 26.9 Å². The molecule has 0 aliphatic heterocycles. The Morgan fingerprint density at radius 2 is 1.25 bits per heavy atom. The molecule has 7 heteroatoms. The van der Waals surface area contributed by atoms with Gasteiger partial charge in [-0.15, -0.1) is 0 Å². The Morgan fingerprint density at radius 3 is 1.25 bits per heavy atom. The van der Waals surface area contributed by atoms with Gasteiger partial charge in [-0.05, 0) is 0 Å². The number of rotatable bonds is 0. The summed E-state index contributed by atoms with van der Waals surface area (Å²) in [7, 11) is -4.17. The number of hydrogen-bond donors (Lipinski definition) is 1. The van der Waals surface area contributed by atoms with Crippen molar-refractivity contribution in [2.75, 3.05) is 7.11 Å². The summed E-state index contributed by atoms with van der Waals surface area (Å²) in [6.45, 7) is 0. The van der Waals surface area contributed by atoms with Gasteiger partial charge in [0.2, 0.25) is 0 Å². The van der Waals surface area contributed by atoms with Gasteiger partial charge in [0.1, 0.15) is 0 Å². The van der Waals surface area contributed by atoms with Crippen LogP contribution in [0.5, 0.6) is 0 Å². The van der Waals surface area contributed by atoms with Gasteiger partial charge in [-0.1, -0.05) is 0 Å². The summed E-state index contributed by atoms with van der Waals surface area (Å²) in [5, 5.41) is 7.00. The first-order chi connectivity index (χ1) is 3.00. The van der Waals surface area contributed by atoms with Crippen molar-refractivity contribution in [2.45, 2.75) is 0 Å². The first kappa shape index (κ1) is 15.8. The molecule has 54 valence electrons. The van der Waals surface area contributed by atoms with Gasteiger partial charge >= 0.3 is 16.5 Å². The van der Waals surface area contributed by atoms with Crippen LogP contribution < -0.4 is 0 Å². The molecule has 0 fully saturated rings. The second kappa shape index (κ2) is 7.32. The van der Waals surface area contributed by atoms with Gasteiger partial charge in [-0.2, -0.15) is 0 Å². The molecule has 0 amide bonds. The largest absolute Gasteiger partial charge is 2.00 e. The summed E-state index contributed by atoms with van der Waals surface area (Å²) >= 11 is 0. The number of aliphatic hydroxyl groups is 1. The molecule has 0 saturated carbocycles. The van der Waals surface area contributed by atoms with Gasteiger partial charge in [0.25, 0.3) is 0 Å². The Hall–Kier alpha value is 0.324. The Kier molecular flexibility index (Phi) is 14.4. The van der Waals surface area contributed by atoms with E-state index in [1.165, 1.54) is 0 Å². The molecule has 1 N–H and O–H groups in total. The van der Waals surface area contributed by atoms with E-state index in [-0.39, 0.29) is 16.5 Å². The average molecular weight is 187 g/mol. The van der Waals surface area contributed by atoms with E-state index in [0.29, 0.717) is 0 Å². The van der Waals surface area contributed by atoms with Crippen LogP contribution >= 0.6 is 0 Å². The zero-order valence-corrected chi connectivity index (χ0v) is 5.61. The number of aliphatic hydroxyl groups excluding tert-OH is 1. The van der Waals surface area contributed by atoms with Crippen LogP contribution in [-0.4, -0.2) is 29.7 Å². The maximum absolute atomic E-state index is 8.52. The van der Waals surface area contributed by atoms with Crippen molar-refractivity contribution in [2.24, 2.45) is 0 Å². The third-order valence-corrected chi connectivity index (χ3v) is 0. The van der Waals surface area contributed by atoms with Gasteiger partial charge in [0, 0.05) is 17.5 Å². The average Bonchev–Trinajstić information content (AvgIpc) is 1.36. The van der Waals surface area contributed by atoms with Crippen LogP contribution in [0, 0.1) is 0 Å². The Morgan fingerprint density at radius 1 is 1.25 bits per heavy atom. The molecule has 0 rings (SSSR count). The van der Waals surface area contributed by atoms with Gasteiger partial charge in [-0.3, -0.25) is 8.42 Å². The van der Waals surface area contributed by atoms with Crippen LogP contribution in [0.25, 0.3) is 0 Å². The smallest absolute Gasteiger partial charge is 0.759 e. The minimum atomic E-state index is -5.17. The molecule has 0 aromatic heterocycles. The number of hydrogen-bond acceptors (Lipinski definition) is 5. The molecule has 0 aromatic carbocycles. The van der Waals surface area contributed by atoms with Gasteiger partial charge < -0.3 is 14.2 Å². The zero-order valence-electron chi connectivity index (χ0n) is 3.80. The fraction of sp³-hybridized carbons (Fsp3) is 1.00. The minimum Gasteiger partial charge on any atom is -0.759 e. The third kappa shape index (κ3) is 1710. The van der Waals surface area contributed by atoms with E-state index in [2.05, 4.69) is 0 Å². The molecule has 8 heavy (non-hydrogen) atoms. The predicted octanol–water partition coefficient (Wildman–Crippen LogP) is -1.73. The molecule has 0 atom stereocenters. The Bertz CT molecular complexity index is 95.6. The van der Waals surface area contributed by atoms with Crippen molar-refractivity contribution in [1.82, 2.24) is 0 Å². The molecule has 0 aromatic rings. The third-order valence-electron chi connectivity index (χ3n) is 0. The van der Waals surface area contributed by atoms with Crippen molar-refractivity contribution in [3.63, 3.8) is 0 Å². The molecule has 5 nitrogen and oxygen atoms in total. The van der Waals surface area contributed by atoms with Crippen molar-refractivity contribution >= 4 is 10.4 Å². The maximum atomic E-state index is 8.52. The molecular formula is CH4NiO5S. The Balaban J connectivity index is -0.0000000750. The van der Waals surface area contributed by atoms with Crippen molar-refractivity contribution in [3.05, 3.63) is 0 Å². The van der Waals surface area contributed by atoms with Crippen LogP contribution in [0.4, 0.5) is 0 Å². The van der Waals surface area contributed by atoms with Gasteiger partial charge in [-0.25, -0.2) is 0 Å². The normalized spacial score (nSPS) is 8.00. The second-order valence-corrected chi connectivity index (χ2v) is 1.22. The van der Waals surface area contributed by atoms with E-state index in [1.807, 2.05) is 0 Å². The van der Waals surface area contributed by atoms with E-state index >= 15 is 0 Å². The zero-order chi connectivity index (χ0) is 6.50. The van der Waals surface area contributed by atoms with E-state index < -0.39 is 10.4 Å². The second-order valence-electron chi connectivity index (χ2n) is 0.408. The molecule has 0 aliphatic rings. The molecule has 0 saturated heterocycles. The minimum absolute atomic E-state index is 0. The Labute approximate surface area is 57.2 Å². The monoisotopic (exact) mass is 186 g/mol. The van der Waals surface area contributed by atoms with Gasteiger partial charge in [0.15, 0.2) is 0 Å². The fourth-order valence-corrected chi connectivity index (χ4v) is 0. The summed E-state index contributed by atoms with van der Waals surface area (Å²) in [6, 6.07) is 0. The van der Waals surface area contributed by atoms with E-state index in [4.69, 9.17) is 22.6 Å². The summed E-state index contributed by atoms with van der Waals surface area (Å²) in [6.07, 6.45) is 0. The summed E-state index contributed by atoms with van der Waals surface area (Å²) in [5.74, 6) is 0. The molecule has 0 unspecified atom stereocenters. The van der Waals surface area contributed by atoms with Crippen molar-refractivity contribution in [1.29, 1.82) is 0 Å². The molecule has 0 aliphatic carbocycles. The summed E-state index contributed by atoms with van der Waals surface area (Å²) in [4.78, 5) is 0. The standard InChI is InChI=1S/CH4O.Ni.H2O4S/c1-2;;1-5(2,3)4/h2H,1H3;;(H2,1,2,3,4)/q;+2;/p-2. The van der Waals surface area contributed by atoms with Crippen molar-refractivity contribution < 1.29 is 39.1 Å². The van der Waals surface area contributed by atoms with Crippen LogP contribution in [0.2, 0.25) is 0 Å². The topological polar surface area (TPSA) is 100 Å². The fourth-order valence-electron chi connectivity index (χ4n) is 0. The first-order valence-corrected chi connectivity index (χ1v) is 2.45. The first-order valence-electron chi connectivity index (χ1n) is 1.11. The quantitative estimate of drug-likeness (QED) is 0.275. The molecular weight excluding hydrogens is 183 g/mol. The molecule has 0 bridgehead atoms. The molecule has 0 spiro atoms. The maximum Gasteiger partial charge on any atom is 2.00 e. The van der Waals surface area contributed by atoms with Crippen LogP contribution in [0.15, 0.2) is 0 Å². The summed E-state index contributed by atoms with van der Waals surface area (Å²) in [5.41, 5.74) is 0. The van der Waals surface area contributed by atoms with Crippen LogP contribution in [0.3, 0.4) is 0 Å². The van der Waals surface area contributed by atoms with Gasteiger partial charge in [0.05, 0.1) is 0 Å². The van der Waals surface area contributed by atoms with Crippen molar-refractivity contribution in [3.8, 4) is 0 Å². The SMILES string of the molecule is CO.O=S(=O)([O-])[O-].[Ni+2]. The van der Waals surface area contributed by atoms with Crippen LogP contribution in [0.1, 0.15) is 0 Å². The van der Waals surface area contributed by atoms with E-state index in [9.17, 15) is 0 Å². The molecule has 0 heterocycles.